The van der Waals surface area contributed by atoms with Crippen LogP contribution in [0.2, 0.25) is 5.02 Å². The van der Waals surface area contributed by atoms with Gasteiger partial charge in [0, 0.05) is 10.6 Å². The zero-order valence-electron chi connectivity index (χ0n) is 7.88. The number of hydrogen-bond donors (Lipinski definition) is 0. The van der Waals surface area contributed by atoms with Crippen molar-refractivity contribution in [2.45, 2.75) is 6.42 Å². The number of esters is 1. The van der Waals surface area contributed by atoms with Gasteiger partial charge in [0.05, 0.1) is 25.2 Å². The minimum atomic E-state index is -0.676. The summed E-state index contributed by atoms with van der Waals surface area (Å²) < 4.78 is 17.7. The summed E-state index contributed by atoms with van der Waals surface area (Å²) in [5.41, 5.74) is 0.161. The molecule has 15 heavy (non-hydrogen) atoms. The number of carbonyl (C=O) groups excluding carboxylic acids is 1. The lowest BCUT2D eigenvalue weighted by Gasteiger charge is -2.04. The van der Waals surface area contributed by atoms with Gasteiger partial charge >= 0.3 is 5.97 Å². The first-order chi connectivity index (χ1) is 7.08. The minimum Gasteiger partial charge on any atom is -0.469 e. The zero-order chi connectivity index (χ0) is 11.4. The van der Waals surface area contributed by atoms with Gasteiger partial charge in [-0.25, -0.2) is 4.39 Å². The number of rotatable bonds is 2. The van der Waals surface area contributed by atoms with Crippen molar-refractivity contribution < 1.29 is 13.9 Å². The largest absolute Gasteiger partial charge is 0.469 e. The number of halogens is 2. The molecule has 0 radical (unpaired) electrons. The van der Waals surface area contributed by atoms with Crippen molar-refractivity contribution in [1.29, 1.82) is 5.26 Å². The van der Waals surface area contributed by atoms with Gasteiger partial charge in [0.15, 0.2) is 0 Å². The number of nitrogens with zero attached hydrogens (tertiary/aromatic N) is 1. The Kier molecular flexibility index (Phi) is 3.64. The fraction of sp³-hybridized carbons (Fsp3) is 0.200. The number of benzene rings is 1. The van der Waals surface area contributed by atoms with E-state index in [0.29, 0.717) is 0 Å². The molecule has 0 amide bonds. The van der Waals surface area contributed by atoms with Crippen molar-refractivity contribution in [3.8, 4) is 6.07 Å². The summed E-state index contributed by atoms with van der Waals surface area (Å²) in [5, 5.41) is 8.59. The SMILES string of the molecule is COC(=O)Cc1c(F)cc(C#N)cc1Cl. The van der Waals surface area contributed by atoms with Crippen LogP contribution in [0.3, 0.4) is 0 Å². The third-order valence-electron chi connectivity index (χ3n) is 1.82. The maximum absolute atomic E-state index is 13.4. The third-order valence-corrected chi connectivity index (χ3v) is 2.16. The molecular formula is C10H7ClFNO2. The highest BCUT2D eigenvalue weighted by Gasteiger charge is 2.13. The molecule has 3 nitrogen and oxygen atoms in total. The van der Waals surface area contributed by atoms with Crippen molar-refractivity contribution in [3.05, 3.63) is 34.1 Å². The van der Waals surface area contributed by atoms with Crippen LogP contribution in [0.15, 0.2) is 12.1 Å². The molecule has 0 aliphatic rings. The van der Waals surface area contributed by atoms with Crippen LogP contribution in [0.1, 0.15) is 11.1 Å². The molecule has 0 aliphatic carbocycles. The Morgan fingerprint density at radius 2 is 2.33 bits per heavy atom. The van der Waals surface area contributed by atoms with E-state index >= 15 is 0 Å². The van der Waals surface area contributed by atoms with Crippen molar-refractivity contribution in [2.24, 2.45) is 0 Å². The number of methoxy groups -OCH3 is 1. The van der Waals surface area contributed by atoms with Gasteiger partial charge in [-0.15, -0.1) is 0 Å². The van der Waals surface area contributed by atoms with Gasteiger partial charge in [-0.05, 0) is 12.1 Å². The van der Waals surface area contributed by atoms with Crippen LogP contribution in [0.4, 0.5) is 4.39 Å². The van der Waals surface area contributed by atoms with Crippen molar-refractivity contribution in [2.75, 3.05) is 7.11 Å². The molecule has 1 aromatic carbocycles. The predicted molar refractivity (Wildman–Crippen MR) is 51.8 cm³/mol. The van der Waals surface area contributed by atoms with E-state index in [0.717, 1.165) is 6.07 Å². The maximum Gasteiger partial charge on any atom is 0.310 e. The van der Waals surface area contributed by atoms with Gasteiger partial charge in [-0.2, -0.15) is 5.26 Å². The van der Waals surface area contributed by atoms with Crippen LogP contribution in [0, 0.1) is 17.1 Å². The Balaban J connectivity index is 3.10. The molecule has 0 bridgehead atoms. The molecule has 0 unspecified atom stereocenters. The molecule has 0 saturated carbocycles. The molecule has 0 aromatic heterocycles. The minimum absolute atomic E-state index is 0.0440. The van der Waals surface area contributed by atoms with Gasteiger partial charge in [0.1, 0.15) is 5.82 Å². The highest BCUT2D eigenvalue weighted by atomic mass is 35.5. The smallest absolute Gasteiger partial charge is 0.310 e. The molecule has 5 heteroatoms. The number of hydrogen-bond acceptors (Lipinski definition) is 3. The predicted octanol–water partition coefficient (Wildman–Crippen LogP) is 2.07. The number of nitriles is 1. The van der Waals surface area contributed by atoms with E-state index in [4.69, 9.17) is 16.9 Å². The van der Waals surface area contributed by atoms with E-state index in [2.05, 4.69) is 4.74 Å². The average Bonchev–Trinajstić information content (AvgIpc) is 2.22. The van der Waals surface area contributed by atoms with Crippen molar-refractivity contribution in [1.82, 2.24) is 0 Å². The molecule has 0 spiro atoms. The summed E-state index contributed by atoms with van der Waals surface area (Å²) in [6.07, 6.45) is -0.243. The molecular weight excluding hydrogens is 221 g/mol. The Morgan fingerprint density at radius 3 is 2.80 bits per heavy atom. The van der Waals surface area contributed by atoms with E-state index in [1.165, 1.54) is 13.2 Å². The molecule has 0 atom stereocenters. The van der Waals surface area contributed by atoms with Crippen LogP contribution >= 0.6 is 11.6 Å². The van der Waals surface area contributed by atoms with Crippen LogP contribution in [0.25, 0.3) is 0 Å². The number of ether oxygens (including phenoxy) is 1. The second-order valence-electron chi connectivity index (χ2n) is 2.78. The zero-order valence-corrected chi connectivity index (χ0v) is 8.64. The molecule has 1 aromatic rings. The lowest BCUT2D eigenvalue weighted by molar-refractivity contribution is -0.139. The lowest BCUT2D eigenvalue weighted by Crippen LogP contribution is -2.07. The highest BCUT2D eigenvalue weighted by Crippen LogP contribution is 2.22. The maximum atomic E-state index is 13.4. The fourth-order valence-corrected chi connectivity index (χ4v) is 1.33. The Bertz CT molecular complexity index is 417. The average molecular weight is 228 g/mol. The fourth-order valence-electron chi connectivity index (χ4n) is 1.05. The van der Waals surface area contributed by atoms with E-state index < -0.39 is 11.8 Å². The van der Waals surface area contributed by atoms with Crippen LogP contribution in [-0.4, -0.2) is 13.1 Å². The first-order valence-corrected chi connectivity index (χ1v) is 4.41. The molecule has 0 N–H and O–H groups in total. The lowest BCUT2D eigenvalue weighted by atomic mass is 10.1. The van der Waals surface area contributed by atoms with Crippen LogP contribution < -0.4 is 0 Å². The first kappa shape index (κ1) is 11.5. The summed E-state index contributed by atoms with van der Waals surface area (Å²) in [4.78, 5) is 10.9. The molecule has 1 rings (SSSR count). The van der Waals surface area contributed by atoms with E-state index in [1.807, 2.05) is 0 Å². The first-order valence-electron chi connectivity index (χ1n) is 4.03. The summed E-state index contributed by atoms with van der Waals surface area (Å²) in [5.74, 6) is -1.26. The summed E-state index contributed by atoms with van der Waals surface area (Å²) in [6.45, 7) is 0. The van der Waals surface area contributed by atoms with Crippen molar-refractivity contribution in [3.63, 3.8) is 0 Å². The van der Waals surface area contributed by atoms with Gasteiger partial charge in [-0.1, -0.05) is 11.6 Å². The second kappa shape index (κ2) is 4.76. The standard InChI is InChI=1S/C10H7ClFNO2/c1-15-10(14)4-7-8(11)2-6(5-13)3-9(7)12/h2-3H,4H2,1H3. The molecule has 0 aliphatic heterocycles. The normalized spacial score (nSPS) is 9.47. The topological polar surface area (TPSA) is 50.1 Å². The van der Waals surface area contributed by atoms with Gasteiger partial charge in [0.2, 0.25) is 0 Å². The third kappa shape index (κ3) is 2.67. The van der Waals surface area contributed by atoms with Gasteiger partial charge in [0.25, 0.3) is 0 Å². The summed E-state index contributed by atoms with van der Waals surface area (Å²) >= 11 is 5.72. The number of carbonyl (C=O) groups is 1. The van der Waals surface area contributed by atoms with E-state index in [1.54, 1.807) is 6.07 Å². The highest BCUT2D eigenvalue weighted by molar-refractivity contribution is 6.31. The van der Waals surface area contributed by atoms with Gasteiger partial charge < -0.3 is 4.74 Å². The van der Waals surface area contributed by atoms with Gasteiger partial charge in [-0.3, -0.25) is 4.79 Å². The summed E-state index contributed by atoms with van der Waals surface area (Å²) in [6, 6.07) is 4.10. The van der Waals surface area contributed by atoms with E-state index in [9.17, 15) is 9.18 Å². The van der Waals surface area contributed by atoms with E-state index in [-0.39, 0.29) is 22.6 Å². The molecule has 0 saturated heterocycles. The Hall–Kier alpha value is -1.60. The molecule has 78 valence electrons. The summed E-state index contributed by atoms with van der Waals surface area (Å²) in [7, 11) is 1.21. The molecule has 0 fully saturated rings. The Labute approximate surface area is 91.0 Å². The van der Waals surface area contributed by atoms with Crippen LogP contribution in [-0.2, 0) is 16.0 Å². The Morgan fingerprint density at radius 1 is 1.67 bits per heavy atom. The molecule has 0 heterocycles. The van der Waals surface area contributed by atoms with Crippen LogP contribution in [0.5, 0.6) is 0 Å². The monoisotopic (exact) mass is 227 g/mol. The quantitative estimate of drug-likeness (QED) is 0.727. The second-order valence-corrected chi connectivity index (χ2v) is 3.19. The van der Waals surface area contributed by atoms with Crippen molar-refractivity contribution >= 4 is 17.6 Å².